The molecule has 1 unspecified atom stereocenters. The van der Waals surface area contributed by atoms with Crippen LogP contribution in [0.15, 0.2) is 4.42 Å². The lowest BCUT2D eigenvalue weighted by Crippen LogP contribution is -2.37. The Morgan fingerprint density at radius 2 is 2.25 bits per heavy atom. The molecule has 66 valence electrons. The van der Waals surface area contributed by atoms with Crippen molar-refractivity contribution in [2.75, 3.05) is 18.0 Å². The normalized spacial score (nSPS) is 19.0. The van der Waals surface area contributed by atoms with Gasteiger partial charge in [0, 0.05) is 13.1 Å². The zero-order chi connectivity index (χ0) is 8.55. The number of anilines is 1. The number of hydrogen-bond donors (Lipinski definition) is 1. The lowest BCUT2D eigenvalue weighted by atomic mass is 10.2. The van der Waals surface area contributed by atoms with Crippen molar-refractivity contribution in [3.63, 3.8) is 0 Å². The summed E-state index contributed by atoms with van der Waals surface area (Å²) in [5, 5.41) is 7.72. The van der Waals surface area contributed by atoms with Crippen molar-refractivity contribution in [2.24, 2.45) is 5.73 Å². The van der Waals surface area contributed by atoms with E-state index in [0.29, 0.717) is 11.9 Å². The minimum Gasteiger partial charge on any atom is -0.406 e. The van der Waals surface area contributed by atoms with E-state index in [1.165, 1.54) is 6.42 Å². The molecule has 1 atom stereocenters. The summed E-state index contributed by atoms with van der Waals surface area (Å²) >= 11 is 0. The fourth-order valence-corrected chi connectivity index (χ4v) is 1.05. The van der Waals surface area contributed by atoms with Crippen LogP contribution in [0.3, 0.4) is 0 Å². The molecule has 1 saturated heterocycles. The quantitative estimate of drug-likeness (QED) is 0.687. The van der Waals surface area contributed by atoms with Gasteiger partial charge in [0.2, 0.25) is 5.89 Å². The van der Waals surface area contributed by atoms with E-state index in [1.54, 1.807) is 0 Å². The number of aromatic nitrogens is 2. The van der Waals surface area contributed by atoms with Crippen LogP contribution < -0.4 is 10.6 Å². The molecule has 2 N–H and O–H groups in total. The van der Waals surface area contributed by atoms with E-state index >= 15 is 0 Å². The molecule has 0 amide bonds. The van der Waals surface area contributed by atoms with Crippen LogP contribution in [-0.2, 0) is 0 Å². The maximum absolute atomic E-state index is 5.57. The van der Waals surface area contributed by atoms with Crippen molar-refractivity contribution >= 4 is 6.01 Å². The van der Waals surface area contributed by atoms with Gasteiger partial charge in [0.1, 0.15) is 0 Å². The van der Waals surface area contributed by atoms with Crippen LogP contribution in [0, 0.1) is 0 Å². The third kappa shape index (κ3) is 1.16. The Hall–Kier alpha value is -1.10. The van der Waals surface area contributed by atoms with Crippen molar-refractivity contribution in [3.8, 4) is 0 Å². The molecule has 1 aliphatic rings. The average Bonchev–Trinajstić information content (AvgIpc) is 2.32. The molecule has 5 heteroatoms. The first-order chi connectivity index (χ1) is 5.77. The number of nitrogens with zero attached hydrogens (tertiary/aromatic N) is 3. The molecule has 0 saturated carbocycles. The highest BCUT2D eigenvalue weighted by Crippen LogP contribution is 2.20. The highest BCUT2D eigenvalue weighted by atomic mass is 16.4. The zero-order valence-electron chi connectivity index (χ0n) is 7.03. The topological polar surface area (TPSA) is 68.2 Å². The van der Waals surface area contributed by atoms with E-state index in [4.69, 9.17) is 10.2 Å². The molecule has 1 aromatic rings. The lowest BCUT2D eigenvalue weighted by Gasteiger charge is -2.28. The smallest absolute Gasteiger partial charge is 0.318 e. The minimum absolute atomic E-state index is 0.174. The summed E-state index contributed by atoms with van der Waals surface area (Å²) < 4.78 is 5.33. The van der Waals surface area contributed by atoms with E-state index in [1.807, 2.05) is 11.8 Å². The van der Waals surface area contributed by atoms with Gasteiger partial charge in [-0.25, -0.2) is 0 Å². The van der Waals surface area contributed by atoms with Gasteiger partial charge < -0.3 is 15.1 Å². The molecule has 5 nitrogen and oxygen atoms in total. The van der Waals surface area contributed by atoms with Gasteiger partial charge in [-0.2, -0.15) is 0 Å². The van der Waals surface area contributed by atoms with Gasteiger partial charge in [0.05, 0.1) is 6.04 Å². The summed E-state index contributed by atoms with van der Waals surface area (Å²) in [5.41, 5.74) is 5.57. The predicted octanol–water partition coefficient (Wildman–Crippen LogP) is 0.299. The summed E-state index contributed by atoms with van der Waals surface area (Å²) in [6.45, 7) is 3.86. The highest BCUT2D eigenvalue weighted by Gasteiger charge is 2.20. The Labute approximate surface area is 70.6 Å². The average molecular weight is 168 g/mol. The monoisotopic (exact) mass is 168 g/mol. The molecule has 0 spiro atoms. The molecular weight excluding hydrogens is 156 g/mol. The third-order valence-corrected chi connectivity index (χ3v) is 1.95. The Bertz CT molecular complexity index is 266. The summed E-state index contributed by atoms with van der Waals surface area (Å²) in [6, 6.07) is 0.432. The van der Waals surface area contributed by atoms with Crippen molar-refractivity contribution in [2.45, 2.75) is 19.4 Å². The zero-order valence-corrected chi connectivity index (χ0v) is 7.03. The van der Waals surface area contributed by atoms with Crippen LogP contribution in [0.25, 0.3) is 0 Å². The Morgan fingerprint density at radius 1 is 1.50 bits per heavy atom. The Morgan fingerprint density at radius 3 is 2.67 bits per heavy atom. The fourth-order valence-electron chi connectivity index (χ4n) is 1.05. The molecule has 2 rings (SSSR count). The summed E-state index contributed by atoms with van der Waals surface area (Å²) in [4.78, 5) is 2.04. The molecule has 1 aromatic heterocycles. The first-order valence-corrected chi connectivity index (χ1v) is 4.11. The molecule has 0 bridgehead atoms. The molecule has 0 radical (unpaired) electrons. The number of nitrogens with two attached hydrogens (primary N) is 1. The second kappa shape index (κ2) is 2.75. The van der Waals surface area contributed by atoms with E-state index < -0.39 is 0 Å². The molecule has 0 aromatic carbocycles. The second-order valence-electron chi connectivity index (χ2n) is 3.05. The van der Waals surface area contributed by atoms with Crippen LogP contribution in [0.1, 0.15) is 25.3 Å². The van der Waals surface area contributed by atoms with Crippen LogP contribution >= 0.6 is 0 Å². The van der Waals surface area contributed by atoms with Gasteiger partial charge in [0.25, 0.3) is 0 Å². The molecule has 12 heavy (non-hydrogen) atoms. The maximum atomic E-state index is 5.57. The third-order valence-electron chi connectivity index (χ3n) is 1.95. The molecule has 0 aliphatic carbocycles. The van der Waals surface area contributed by atoms with Crippen LogP contribution in [0.2, 0.25) is 0 Å². The first kappa shape index (κ1) is 7.54. The van der Waals surface area contributed by atoms with Crippen LogP contribution in [0.5, 0.6) is 0 Å². The lowest BCUT2D eigenvalue weighted by molar-refractivity contribution is 0.437. The largest absolute Gasteiger partial charge is 0.406 e. The van der Waals surface area contributed by atoms with E-state index in [-0.39, 0.29) is 6.04 Å². The van der Waals surface area contributed by atoms with E-state index in [9.17, 15) is 0 Å². The second-order valence-corrected chi connectivity index (χ2v) is 3.05. The summed E-state index contributed by atoms with van der Waals surface area (Å²) in [5.74, 6) is 0.511. The first-order valence-electron chi connectivity index (χ1n) is 4.11. The SMILES string of the molecule is CC(N)c1nnc(N2CCC2)o1. The predicted molar refractivity (Wildman–Crippen MR) is 43.7 cm³/mol. The van der Waals surface area contributed by atoms with Gasteiger partial charge in [0.15, 0.2) is 0 Å². The summed E-state index contributed by atoms with van der Waals surface area (Å²) in [7, 11) is 0. The van der Waals surface area contributed by atoms with Gasteiger partial charge in [-0.15, -0.1) is 5.10 Å². The molecule has 1 aliphatic heterocycles. The summed E-state index contributed by atoms with van der Waals surface area (Å²) in [6.07, 6.45) is 1.20. The maximum Gasteiger partial charge on any atom is 0.318 e. The minimum atomic E-state index is -0.174. The van der Waals surface area contributed by atoms with Gasteiger partial charge >= 0.3 is 6.01 Å². The van der Waals surface area contributed by atoms with Crippen molar-refractivity contribution in [3.05, 3.63) is 5.89 Å². The van der Waals surface area contributed by atoms with Crippen LogP contribution in [0.4, 0.5) is 6.01 Å². The van der Waals surface area contributed by atoms with Crippen molar-refractivity contribution < 1.29 is 4.42 Å². The molecular formula is C7H12N4O. The van der Waals surface area contributed by atoms with Gasteiger partial charge in [-0.1, -0.05) is 5.10 Å². The van der Waals surface area contributed by atoms with Crippen LogP contribution in [-0.4, -0.2) is 23.3 Å². The van der Waals surface area contributed by atoms with E-state index in [2.05, 4.69) is 10.2 Å². The molecule has 1 fully saturated rings. The van der Waals surface area contributed by atoms with Gasteiger partial charge in [-0.3, -0.25) is 0 Å². The van der Waals surface area contributed by atoms with Crippen molar-refractivity contribution in [1.82, 2.24) is 10.2 Å². The molecule has 2 heterocycles. The fraction of sp³-hybridized carbons (Fsp3) is 0.714. The number of hydrogen-bond acceptors (Lipinski definition) is 5. The Balaban J connectivity index is 2.12. The van der Waals surface area contributed by atoms with Gasteiger partial charge in [-0.05, 0) is 13.3 Å². The number of rotatable bonds is 2. The standard InChI is InChI=1S/C7H12N4O/c1-5(8)6-9-10-7(12-6)11-3-2-4-11/h5H,2-4,8H2,1H3. The Kier molecular flexibility index (Phi) is 1.73. The van der Waals surface area contributed by atoms with Crippen molar-refractivity contribution in [1.29, 1.82) is 0 Å². The highest BCUT2D eigenvalue weighted by molar-refractivity contribution is 5.27. The van der Waals surface area contributed by atoms with E-state index in [0.717, 1.165) is 13.1 Å².